The van der Waals surface area contributed by atoms with Gasteiger partial charge in [-0.3, -0.25) is 4.79 Å². The molecule has 0 saturated heterocycles. The number of nitrogens with one attached hydrogen (secondary N) is 1. The molecule has 4 nitrogen and oxygen atoms in total. The summed E-state index contributed by atoms with van der Waals surface area (Å²) in [6.07, 6.45) is 3.77. The zero-order valence-corrected chi connectivity index (χ0v) is 14.2. The van der Waals surface area contributed by atoms with Gasteiger partial charge in [0.2, 0.25) is 5.91 Å². The molecule has 1 fully saturated rings. The summed E-state index contributed by atoms with van der Waals surface area (Å²) >= 11 is 0. The number of benzene rings is 1. The fourth-order valence-electron chi connectivity index (χ4n) is 2.96. The van der Waals surface area contributed by atoms with Gasteiger partial charge in [0.15, 0.2) is 0 Å². The molecule has 1 aromatic carbocycles. The number of hydrogen-bond acceptors (Lipinski definition) is 3. The van der Waals surface area contributed by atoms with Gasteiger partial charge in [-0.05, 0) is 45.2 Å². The molecule has 0 aromatic heterocycles. The molecule has 1 aliphatic rings. The smallest absolute Gasteiger partial charge is 0.224 e. The average Bonchev–Trinajstić information content (AvgIpc) is 2.87. The van der Waals surface area contributed by atoms with Crippen molar-refractivity contribution in [3.8, 4) is 5.75 Å². The van der Waals surface area contributed by atoms with E-state index < -0.39 is 0 Å². The Balaban J connectivity index is 0.00000242. The van der Waals surface area contributed by atoms with Crippen molar-refractivity contribution in [2.75, 3.05) is 6.54 Å². The number of carbonyl (C=O) groups is 1. The molecule has 1 aromatic rings. The quantitative estimate of drug-likeness (QED) is 0.844. The molecule has 0 heterocycles. The lowest BCUT2D eigenvalue weighted by atomic mass is 10.0. The molecule has 0 spiro atoms. The molecule has 124 valence electrons. The Kier molecular flexibility index (Phi) is 7.69. The summed E-state index contributed by atoms with van der Waals surface area (Å²) in [6, 6.07) is 7.97. The van der Waals surface area contributed by atoms with E-state index in [2.05, 4.69) is 5.32 Å². The summed E-state index contributed by atoms with van der Waals surface area (Å²) in [6.45, 7) is 4.63. The van der Waals surface area contributed by atoms with Crippen molar-refractivity contribution in [3.63, 3.8) is 0 Å². The fraction of sp³-hybridized carbons (Fsp3) is 0.588. The highest BCUT2D eigenvalue weighted by atomic mass is 35.5. The first-order chi connectivity index (χ1) is 10.1. The molecule has 3 N–H and O–H groups in total. The normalized spacial score (nSPS) is 20.5. The Morgan fingerprint density at radius 2 is 2.09 bits per heavy atom. The molecule has 2 unspecified atom stereocenters. The summed E-state index contributed by atoms with van der Waals surface area (Å²) in [4.78, 5) is 12.3. The number of hydrogen-bond donors (Lipinski definition) is 2. The van der Waals surface area contributed by atoms with Crippen molar-refractivity contribution in [3.05, 3.63) is 29.8 Å². The van der Waals surface area contributed by atoms with Crippen LogP contribution in [0.15, 0.2) is 24.3 Å². The number of ether oxygens (including phenoxy) is 1. The van der Waals surface area contributed by atoms with Crippen LogP contribution in [0.2, 0.25) is 0 Å². The van der Waals surface area contributed by atoms with Crippen molar-refractivity contribution >= 4 is 18.3 Å². The van der Waals surface area contributed by atoms with E-state index in [1.807, 2.05) is 38.1 Å². The number of carbonyl (C=O) groups excluding carboxylic acids is 1. The lowest BCUT2D eigenvalue weighted by Gasteiger charge is -2.20. The first-order valence-corrected chi connectivity index (χ1v) is 7.84. The van der Waals surface area contributed by atoms with Crippen LogP contribution in [0.3, 0.4) is 0 Å². The van der Waals surface area contributed by atoms with Gasteiger partial charge >= 0.3 is 0 Å². The first-order valence-electron chi connectivity index (χ1n) is 7.84. The average molecular weight is 327 g/mol. The second-order valence-corrected chi connectivity index (χ2v) is 6.05. The zero-order valence-electron chi connectivity index (χ0n) is 13.4. The molecule has 1 amide bonds. The van der Waals surface area contributed by atoms with Crippen LogP contribution in [0.5, 0.6) is 5.75 Å². The van der Waals surface area contributed by atoms with Crippen LogP contribution >= 0.6 is 12.4 Å². The van der Waals surface area contributed by atoms with Crippen LogP contribution in [0.25, 0.3) is 0 Å². The van der Waals surface area contributed by atoms with E-state index in [1.54, 1.807) is 0 Å². The van der Waals surface area contributed by atoms with Gasteiger partial charge in [0.25, 0.3) is 0 Å². The molecule has 2 rings (SSSR count). The molecule has 5 heteroatoms. The van der Waals surface area contributed by atoms with Gasteiger partial charge in [0, 0.05) is 11.6 Å². The summed E-state index contributed by atoms with van der Waals surface area (Å²) < 4.78 is 5.76. The minimum atomic E-state index is 0. The molecule has 0 bridgehead atoms. The maximum Gasteiger partial charge on any atom is 0.224 e. The van der Waals surface area contributed by atoms with E-state index in [9.17, 15) is 4.79 Å². The Bertz CT molecular complexity index is 479. The molecule has 22 heavy (non-hydrogen) atoms. The summed E-state index contributed by atoms with van der Waals surface area (Å²) in [5.41, 5.74) is 6.70. The lowest BCUT2D eigenvalue weighted by molar-refractivity contribution is -0.121. The van der Waals surface area contributed by atoms with E-state index in [1.165, 1.54) is 0 Å². The predicted molar refractivity (Wildman–Crippen MR) is 91.5 cm³/mol. The monoisotopic (exact) mass is 326 g/mol. The second kappa shape index (κ2) is 9.01. The van der Waals surface area contributed by atoms with Gasteiger partial charge < -0.3 is 15.8 Å². The van der Waals surface area contributed by atoms with Crippen molar-refractivity contribution in [1.82, 2.24) is 5.32 Å². The number of rotatable bonds is 6. The largest absolute Gasteiger partial charge is 0.491 e. The van der Waals surface area contributed by atoms with E-state index in [4.69, 9.17) is 10.5 Å². The van der Waals surface area contributed by atoms with Crippen molar-refractivity contribution in [2.24, 2.45) is 11.7 Å². The number of nitrogens with two attached hydrogens (primary N) is 1. The Morgan fingerprint density at radius 3 is 2.77 bits per heavy atom. The SMILES string of the molecule is CC(C)Oc1ccccc1CC(=O)NC1CCCC1CN.Cl. The maximum atomic E-state index is 12.3. The number of amides is 1. The van der Waals surface area contributed by atoms with Gasteiger partial charge in [0.1, 0.15) is 5.75 Å². The lowest BCUT2D eigenvalue weighted by Crippen LogP contribution is -2.40. The standard InChI is InChI=1S/C17H26N2O2.ClH/c1-12(2)21-16-9-4-3-6-13(16)10-17(20)19-15-8-5-7-14(15)11-18;/h3-4,6,9,12,14-15H,5,7-8,10-11,18H2,1-2H3,(H,19,20);1H. The molecular formula is C17H27ClN2O2. The Labute approximate surface area is 139 Å². The second-order valence-electron chi connectivity index (χ2n) is 6.05. The van der Waals surface area contributed by atoms with Gasteiger partial charge in [-0.1, -0.05) is 24.6 Å². The molecule has 0 radical (unpaired) electrons. The topological polar surface area (TPSA) is 64.3 Å². The fourth-order valence-corrected chi connectivity index (χ4v) is 2.96. The van der Waals surface area contributed by atoms with Gasteiger partial charge in [-0.2, -0.15) is 0 Å². The van der Waals surface area contributed by atoms with E-state index in [0.29, 0.717) is 18.9 Å². The van der Waals surface area contributed by atoms with Crippen LogP contribution in [-0.4, -0.2) is 24.6 Å². The van der Waals surface area contributed by atoms with Crippen LogP contribution in [0.4, 0.5) is 0 Å². The number of halogens is 1. The first kappa shape index (κ1) is 18.8. The zero-order chi connectivity index (χ0) is 15.2. The van der Waals surface area contributed by atoms with Crippen LogP contribution < -0.4 is 15.8 Å². The summed E-state index contributed by atoms with van der Waals surface area (Å²) in [5.74, 6) is 1.28. The number of para-hydroxylation sites is 1. The van der Waals surface area contributed by atoms with E-state index in [-0.39, 0.29) is 30.5 Å². The molecular weight excluding hydrogens is 300 g/mol. The third-order valence-corrected chi connectivity index (χ3v) is 3.99. The summed E-state index contributed by atoms with van der Waals surface area (Å²) in [5, 5.41) is 3.13. The highest BCUT2D eigenvalue weighted by Gasteiger charge is 2.27. The Hall–Kier alpha value is -1.26. The van der Waals surface area contributed by atoms with Crippen molar-refractivity contribution in [2.45, 2.75) is 51.7 Å². The molecule has 1 saturated carbocycles. The van der Waals surface area contributed by atoms with E-state index in [0.717, 1.165) is 30.6 Å². The molecule has 2 atom stereocenters. The van der Waals surface area contributed by atoms with Crippen LogP contribution in [0.1, 0.15) is 38.7 Å². The van der Waals surface area contributed by atoms with Crippen LogP contribution in [0, 0.1) is 5.92 Å². The van der Waals surface area contributed by atoms with Gasteiger partial charge in [-0.15, -0.1) is 12.4 Å². The van der Waals surface area contributed by atoms with Crippen molar-refractivity contribution < 1.29 is 9.53 Å². The van der Waals surface area contributed by atoms with Crippen LogP contribution in [-0.2, 0) is 11.2 Å². The highest BCUT2D eigenvalue weighted by molar-refractivity contribution is 5.85. The van der Waals surface area contributed by atoms with Crippen molar-refractivity contribution in [1.29, 1.82) is 0 Å². The Morgan fingerprint density at radius 1 is 1.36 bits per heavy atom. The maximum absolute atomic E-state index is 12.3. The van der Waals surface area contributed by atoms with Gasteiger partial charge in [-0.25, -0.2) is 0 Å². The molecule has 1 aliphatic carbocycles. The predicted octanol–water partition coefficient (Wildman–Crippen LogP) is 2.68. The molecule has 0 aliphatic heterocycles. The van der Waals surface area contributed by atoms with Gasteiger partial charge in [0.05, 0.1) is 12.5 Å². The van der Waals surface area contributed by atoms with E-state index >= 15 is 0 Å². The minimum absolute atomic E-state index is 0. The summed E-state index contributed by atoms with van der Waals surface area (Å²) in [7, 11) is 0. The highest BCUT2D eigenvalue weighted by Crippen LogP contribution is 2.25. The minimum Gasteiger partial charge on any atom is -0.491 e. The third kappa shape index (κ3) is 5.18. The third-order valence-electron chi connectivity index (χ3n) is 3.99.